The van der Waals surface area contributed by atoms with Crippen LogP contribution in [0.2, 0.25) is 0 Å². The summed E-state index contributed by atoms with van der Waals surface area (Å²) >= 11 is 0. The molecule has 1 aromatic heterocycles. The van der Waals surface area contributed by atoms with Gasteiger partial charge in [0.25, 0.3) is 5.56 Å². The lowest BCUT2D eigenvalue weighted by molar-refractivity contribution is 1.09. The van der Waals surface area contributed by atoms with Gasteiger partial charge in [0.15, 0.2) is 0 Å². The second-order valence-corrected chi connectivity index (χ2v) is 3.58. The third-order valence-corrected chi connectivity index (χ3v) is 1.94. The van der Waals surface area contributed by atoms with Gasteiger partial charge in [0.2, 0.25) is 0 Å². The molecular formula is C15H23NO. The smallest absolute Gasteiger partial charge is 0.251 e. The van der Waals surface area contributed by atoms with E-state index in [4.69, 9.17) is 0 Å². The van der Waals surface area contributed by atoms with Gasteiger partial charge < -0.3 is 4.98 Å². The predicted octanol–water partition coefficient (Wildman–Crippen LogP) is 4.28. The van der Waals surface area contributed by atoms with E-state index in [1.54, 1.807) is 0 Å². The van der Waals surface area contributed by atoms with E-state index in [0.717, 1.165) is 16.5 Å². The van der Waals surface area contributed by atoms with Gasteiger partial charge in [-0.25, -0.2) is 0 Å². The molecule has 2 aromatic rings. The normalized spacial score (nSPS) is 8.76. The van der Waals surface area contributed by atoms with Crippen LogP contribution in [-0.4, -0.2) is 4.98 Å². The SMILES string of the molecule is CC.CCC.Cc1cc2ccccc2[nH]c1=O. The third-order valence-electron chi connectivity index (χ3n) is 1.94. The van der Waals surface area contributed by atoms with Gasteiger partial charge in [-0.2, -0.15) is 0 Å². The molecule has 0 aliphatic heterocycles. The largest absolute Gasteiger partial charge is 0.322 e. The van der Waals surface area contributed by atoms with Gasteiger partial charge >= 0.3 is 0 Å². The molecule has 0 saturated carbocycles. The second-order valence-electron chi connectivity index (χ2n) is 3.58. The maximum Gasteiger partial charge on any atom is 0.251 e. The van der Waals surface area contributed by atoms with E-state index in [1.807, 2.05) is 51.1 Å². The molecule has 0 radical (unpaired) electrons. The van der Waals surface area contributed by atoms with Gasteiger partial charge in [-0.1, -0.05) is 52.3 Å². The van der Waals surface area contributed by atoms with E-state index in [0.29, 0.717) is 0 Å². The molecule has 0 spiro atoms. The molecule has 1 heterocycles. The minimum atomic E-state index is -0.00583. The number of H-pyrrole nitrogens is 1. The topological polar surface area (TPSA) is 32.9 Å². The Hall–Kier alpha value is -1.57. The third kappa shape index (κ3) is 4.85. The zero-order chi connectivity index (χ0) is 13.3. The molecule has 0 saturated heterocycles. The summed E-state index contributed by atoms with van der Waals surface area (Å²) in [7, 11) is 0. The van der Waals surface area contributed by atoms with Gasteiger partial charge in [0.05, 0.1) is 0 Å². The van der Waals surface area contributed by atoms with Gasteiger partial charge in [-0.3, -0.25) is 4.79 Å². The van der Waals surface area contributed by atoms with Gasteiger partial charge in [0, 0.05) is 11.1 Å². The Morgan fingerprint density at radius 2 is 1.65 bits per heavy atom. The molecule has 0 unspecified atom stereocenters. The summed E-state index contributed by atoms with van der Waals surface area (Å²) in [5.74, 6) is 0. The van der Waals surface area contributed by atoms with Crippen LogP contribution in [0.3, 0.4) is 0 Å². The minimum Gasteiger partial charge on any atom is -0.322 e. The zero-order valence-electron chi connectivity index (χ0n) is 11.5. The fourth-order valence-corrected chi connectivity index (χ4v) is 1.26. The summed E-state index contributed by atoms with van der Waals surface area (Å²) in [4.78, 5) is 14.0. The number of aromatic amines is 1. The van der Waals surface area contributed by atoms with Crippen molar-refractivity contribution in [3.8, 4) is 0 Å². The minimum absolute atomic E-state index is 0.00583. The highest BCUT2D eigenvalue weighted by atomic mass is 16.1. The molecule has 2 heteroatoms. The van der Waals surface area contributed by atoms with Crippen molar-refractivity contribution in [1.82, 2.24) is 4.98 Å². The quantitative estimate of drug-likeness (QED) is 0.723. The van der Waals surface area contributed by atoms with Gasteiger partial charge in [0.1, 0.15) is 0 Å². The van der Waals surface area contributed by atoms with Crippen LogP contribution in [0, 0.1) is 6.92 Å². The molecule has 0 fully saturated rings. The molecule has 0 aliphatic carbocycles. The fourth-order valence-electron chi connectivity index (χ4n) is 1.26. The highest BCUT2D eigenvalue weighted by Crippen LogP contribution is 2.08. The Kier molecular flexibility index (Phi) is 7.78. The van der Waals surface area contributed by atoms with E-state index < -0.39 is 0 Å². The zero-order valence-corrected chi connectivity index (χ0v) is 11.5. The van der Waals surface area contributed by atoms with Crippen molar-refractivity contribution in [3.63, 3.8) is 0 Å². The summed E-state index contributed by atoms with van der Waals surface area (Å²) < 4.78 is 0. The molecule has 17 heavy (non-hydrogen) atoms. The van der Waals surface area contributed by atoms with E-state index in [1.165, 1.54) is 6.42 Å². The van der Waals surface area contributed by atoms with Crippen LogP contribution in [0.25, 0.3) is 10.9 Å². The van der Waals surface area contributed by atoms with E-state index in [9.17, 15) is 4.79 Å². The Morgan fingerprint density at radius 3 is 2.24 bits per heavy atom. The molecule has 0 bridgehead atoms. The number of benzene rings is 1. The lowest BCUT2D eigenvalue weighted by atomic mass is 10.2. The van der Waals surface area contributed by atoms with Crippen LogP contribution in [-0.2, 0) is 0 Å². The lowest BCUT2D eigenvalue weighted by Crippen LogP contribution is -2.08. The first-order valence-electron chi connectivity index (χ1n) is 6.27. The molecular weight excluding hydrogens is 210 g/mol. The summed E-state index contributed by atoms with van der Waals surface area (Å²) in [6.45, 7) is 10.1. The monoisotopic (exact) mass is 233 g/mol. The summed E-state index contributed by atoms with van der Waals surface area (Å²) in [5, 5.41) is 1.08. The highest BCUT2D eigenvalue weighted by Gasteiger charge is 1.95. The van der Waals surface area contributed by atoms with Crippen molar-refractivity contribution >= 4 is 10.9 Å². The van der Waals surface area contributed by atoms with E-state index in [-0.39, 0.29) is 5.56 Å². The van der Waals surface area contributed by atoms with Crippen LogP contribution < -0.4 is 5.56 Å². The van der Waals surface area contributed by atoms with Crippen molar-refractivity contribution in [2.24, 2.45) is 0 Å². The Balaban J connectivity index is 0.000000450. The van der Waals surface area contributed by atoms with E-state index >= 15 is 0 Å². The van der Waals surface area contributed by atoms with Gasteiger partial charge in [-0.15, -0.1) is 0 Å². The molecule has 0 atom stereocenters. The standard InChI is InChI=1S/C10H9NO.C3H8.C2H6/c1-7-6-8-4-2-3-5-9(8)11-10(7)12;1-3-2;1-2/h2-6H,1H3,(H,11,12);3H2,1-2H3;1-2H3. The van der Waals surface area contributed by atoms with Gasteiger partial charge in [-0.05, 0) is 24.4 Å². The number of pyridine rings is 1. The highest BCUT2D eigenvalue weighted by molar-refractivity contribution is 5.78. The maximum atomic E-state index is 11.2. The first kappa shape index (κ1) is 15.4. The summed E-state index contributed by atoms with van der Waals surface area (Å²) in [6.07, 6.45) is 1.25. The molecule has 0 amide bonds. The number of rotatable bonds is 0. The van der Waals surface area contributed by atoms with Crippen molar-refractivity contribution < 1.29 is 0 Å². The molecule has 0 aliphatic rings. The predicted molar refractivity (Wildman–Crippen MR) is 76.6 cm³/mol. The first-order chi connectivity index (χ1) is 8.19. The molecule has 94 valence electrons. The number of fused-ring (bicyclic) bond motifs is 1. The Morgan fingerprint density at radius 1 is 1.12 bits per heavy atom. The number of hydrogen-bond acceptors (Lipinski definition) is 1. The van der Waals surface area contributed by atoms with E-state index in [2.05, 4.69) is 18.8 Å². The number of aromatic nitrogens is 1. The van der Waals surface area contributed by atoms with Crippen molar-refractivity contribution in [3.05, 3.63) is 46.2 Å². The summed E-state index contributed by atoms with van der Waals surface area (Å²) in [6, 6.07) is 9.65. The fraction of sp³-hybridized carbons (Fsp3) is 0.400. The number of hydrogen-bond donors (Lipinski definition) is 1. The van der Waals surface area contributed by atoms with Crippen LogP contribution in [0.5, 0.6) is 0 Å². The van der Waals surface area contributed by atoms with Crippen molar-refractivity contribution in [2.45, 2.75) is 41.0 Å². The first-order valence-corrected chi connectivity index (χ1v) is 6.27. The summed E-state index contributed by atoms with van der Waals surface area (Å²) in [5.41, 5.74) is 1.65. The van der Waals surface area contributed by atoms with Crippen LogP contribution in [0.15, 0.2) is 35.1 Å². The molecule has 2 rings (SSSR count). The average molecular weight is 233 g/mol. The lowest BCUT2D eigenvalue weighted by Gasteiger charge is -1.97. The maximum absolute atomic E-state index is 11.2. The number of para-hydroxylation sites is 1. The molecule has 1 aromatic carbocycles. The van der Waals surface area contributed by atoms with Crippen molar-refractivity contribution in [2.75, 3.05) is 0 Å². The van der Waals surface area contributed by atoms with Crippen LogP contribution in [0.1, 0.15) is 39.7 Å². The number of nitrogens with one attached hydrogen (secondary N) is 1. The Bertz CT molecular complexity index is 485. The Labute approximate surface area is 104 Å². The molecule has 1 N–H and O–H groups in total. The van der Waals surface area contributed by atoms with Crippen molar-refractivity contribution in [1.29, 1.82) is 0 Å². The molecule has 2 nitrogen and oxygen atoms in total. The number of aryl methyl sites for hydroxylation is 1. The van der Waals surface area contributed by atoms with Crippen LogP contribution in [0.4, 0.5) is 0 Å². The second kappa shape index (κ2) is 8.57. The van der Waals surface area contributed by atoms with Crippen LogP contribution >= 0.6 is 0 Å². The average Bonchev–Trinajstić information content (AvgIpc) is 2.34.